The minimum absolute atomic E-state index is 0.0437. The molecule has 1 aromatic carbocycles. The van der Waals surface area contributed by atoms with Crippen LogP contribution in [-0.4, -0.2) is 33.5 Å². The van der Waals surface area contributed by atoms with Gasteiger partial charge in [-0.2, -0.15) is 0 Å². The second-order valence-corrected chi connectivity index (χ2v) is 7.62. The van der Waals surface area contributed by atoms with Crippen molar-refractivity contribution in [3.8, 4) is 0 Å². The average molecular weight is 372 g/mol. The SMILES string of the molecule is CCCCC(=O)N1CCCC1c1nnc(C(=O)Nc2ccc(C)cc2)s1. The maximum Gasteiger partial charge on any atom is 0.286 e. The minimum atomic E-state index is -0.264. The molecule has 2 aromatic rings. The highest BCUT2D eigenvalue weighted by molar-refractivity contribution is 7.13. The fourth-order valence-corrected chi connectivity index (χ4v) is 3.96. The number of aryl methyl sites for hydroxylation is 1. The summed E-state index contributed by atoms with van der Waals surface area (Å²) >= 11 is 1.28. The molecule has 1 atom stereocenters. The van der Waals surface area contributed by atoms with Crippen LogP contribution in [0.4, 0.5) is 5.69 Å². The number of anilines is 1. The molecule has 138 valence electrons. The summed E-state index contributed by atoms with van der Waals surface area (Å²) in [4.78, 5) is 26.7. The van der Waals surface area contributed by atoms with E-state index in [9.17, 15) is 9.59 Å². The number of likely N-dealkylation sites (tertiary alicyclic amines) is 1. The number of hydrogen-bond donors (Lipinski definition) is 1. The predicted molar refractivity (Wildman–Crippen MR) is 102 cm³/mol. The van der Waals surface area contributed by atoms with Gasteiger partial charge in [-0.3, -0.25) is 9.59 Å². The highest BCUT2D eigenvalue weighted by Crippen LogP contribution is 2.34. The fraction of sp³-hybridized carbons (Fsp3) is 0.474. The summed E-state index contributed by atoms with van der Waals surface area (Å²) in [7, 11) is 0. The molecule has 1 N–H and O–H groups in total. The van der Waals surface area contributed by atoms with E-state index < -0.39 is 0 Å². The summed E-state index contributed by atoms with van der Waals surface area (Å²) in [5.41, 5.74) is 1.87. The number of carbonyl (C=O) groups is 2. The normalized spacial score (nSPS) is 16.7. The molecule has 6 nitrogen and oxygen atoms in total. The molecule has 2 heterocycles. The number of hydrogen-bond acceptors (Lipinski definition) is 5. The van der Waals surface area contributed by atoms with Crippen LogP contribution >= 0.6 is 11.3 Å². The van der Waals surface area contributed by atoms with Crippen molar-refractivity contribution in [2.24, 2.45) is 0 Å². The number of carbonyl (C=O) groups excluding carboxylic acids is 2. The van der Waals surface area contributed by atoms with E-state index in [0.717, 1.165) is 48.5 Å². The van der Waals surface area contributed by atoms with Crippen LogP contribution in [0.25, 0.3) is 0 Å². The van der Waals surface area contributed by atoms with E-state index in [2.05, 4.69) is 22.4 Å². The van der Waals surface area contributed by atoms with Crippen LogP contribution in [0.15, 0.2) is 24.3 Å². The number of amides is 2. The van der Waals surface area contributed by atoms with Gasteiger partial charge in [0.15, 0.2) is 0 Å². The zero-order valence-electron chi connectivity index (χ0n) is 15.2. The molecular weight excluding hydrogens is 348 g/mol. The maximum atomic E-state index is 12.4. The minimum Gasteiger partial charge on any atom is -0.333 e. The second-order valence-electron chi connectivity index (χ2n) is 6.61. The average Bonchev–Trinajstić information content (AvgIpc) is 3.30. The van der Waals surface area contributed by atoms with E-state index in [0.29, 0.717) is 11.4 Å². The van der Waals surface area contributed by atoms with Gasteiger partial charge in [-0.25, -0.2) is 0 Å². The third-order valence-electron chi connectivity index (χ3n) is 4.55. The lowest BCUT2D eigenvalue weighted by Crippen LogP contribution is -2.30. The van der Waals surface area contributed by atoms with E-state index in [1.54, 1.807) is 0 Å². The standard InChI is InChI=1S/C19H24N4O2S/c1-3-4-7-16(24)23-12-5-6-15(23)18-21-22-19(26-18)17(25)20-14-10-8-13(2)9-11-14/h8-11,15H,3-7,12H2,1-2H3,(H,20,25). The first-order valence-corrected chi connectivity index (χ1v) is 9.91. The Labute approximate surface area is 157 Å². The molecule has 0 radical (unpaired) electrons. The van der Waals surface area contributed by atoms with Gasteiger partial charge in [0, 0.05) is 18.7 Å². The van der Waals surface area contributed by atoms with Crippen molar-refractivity contribution < 1.29 is 9.59 Å². The topological polar surface area (TPSA) is 75.2 Å². The number of benzene rings is 1. The van der Waals surface area contributed by atoms with Crippen molar-refractivity contribution in [1.29, 1.82) is 0 Å². The Morgan fingerprint density at radius 3 is 2.77 bits per heavy atom. The molecule has 3 rings (SSSR count). The number of rotatable bonds is 6. The Hall–Kier alpha value is -2.28. The molecule has 0 spiro atoms. The summed E-state index contributed by atoms with van der Waals surface area (Å²) in [5.74, 6) is -0.0883. The van der Waals surface area contributed by atoms with E-state index in [1.165, 1.54) is 11.3 Å². The van der Waals surface area contributed by atoms with Crippen molar-refractivity contribution in [2.45, 2.75) is 52.0 Å². The molecule has 2 amide bonds. The first-order valence-electron chi connectivity index (χ1n) is 9.09. The molecule has 0 saturated carbocycles. The Morgan fingerprint density at radius 2 is 2.04 bits per heavy atom. The van der Waals surface area contributed by atoms with Gasteiger partial charge >= 0.3 is 0 Å². The van der Waals surface area contributed by atoms with Crippen LogP contribution in [0.5, 0.6) is 0 Å². The molecule has 1 aliphatic rings. The molecule has 1 aromatic heterocycles. The largest absolute Gasteiger partial charge is 0.333 e. The van der Waals surface area contributed by atoms with Gasteiger partial charge in [0.25, 0.3) is 5.91 Å². The molecule has 0 bridgehead atoms. The number of aromatic nitrogens is 2. The molecule has 7 heteroatoms. The highest BCUT2D eigenvalue weighted by Gasteiger charge is 2.32. The van der Waals surface area contributed by atoms with Crippen molar-refractivity contribution in [2.75, 3.05) is 11.9 Å². The van der Waals surface area contributed by atoms with Gasteiger partial charge in [-0.15, -0.1) is 10.2 Å². The summed E-state index contributed by atoms with van der Waals surface area (Å²) in [5, 5.41) is 12.2. The molecule has 26 heavy (non-hydrogen) atoms. The summed E-state index contributed by atoms with van der Waals surface area (Å²) in [6, 6.07) is 7.57. The van der Waals surface area contributed by atoms with Gasteiger partial charge in [-0.05, 0) is 38.3 Å². The highest BCUT2D eigenvalue weighted by atomic mass is 32.1. The molecule has 1 aliphatic heterocycles. The monoisotopic (exact) mass is 372 g/mol. The molecule has 1 unspecified atom stereocenters. The van der Waals surface area contributed by atoms with Crippen molar-refractivity contribution in [3.63, 3.8) is 0 Å². The van der Waals surface area contributed by atoms with E-state index in [1.807, 2.05) is 36.1 Å². The number of nitrogens with one attached hydrogen (secondary N) is 1. The van der Waals surface area contributed by atoms with Gasteiger partial charge in [0.2, 0.25) is 10.9 Å². The Bertz CT molecular complexity index is 772. The van der Waals surface area contributed by atoms with Gasteiger partial charge in [0.1, 0.15) is 5.01 Å². The van der Waals surface area contributed by atoms with E-state index >= 15 is 0 Å². The second kappa shape index (κ2) is 8.40. The molecule has 0 aliphatic carbocycles. The Morgan fingerprint density at radius 1 is 1.27 bits per heavy atom. The zero-order valence-corrected chi connectivity index (χ0v) is 16.0. The van der Waals surface area contributed by atoms with Crippen LogP contribution in [-0.2, 0) is 4.79 Å². The zero-order chi connectivity index (χ0) is 18.5. The quantitative estimate of drug-likeness (QED) is 0.833. The molecular formula is C19H24N4O2S. The lowest BCUT2D eigenvalue weighted by molar-refractivity contribution is -0.132. The fourth-order valence-electron chi connectivity index (χ4n) is 3.08. The maximum absolute atomic E-state index is 12.4. The summed E-state index contributed by atoms with van der Waals surface area (Å²) < 4.78 is 0. The summed E-state index contributed by atoms with van der Waals surface area (Å²) in [6.45, 7) is 4.84. The smallest absolute Gasteiger partial charge is 0.286 e. The van der Waals surface area contributed by atoms with Crippen LogP contribution in [0.2, 0.25) is 0 Å². The van der Waals surface area contributed by atoms with Crippen LogP contribution < -0.4 is 5.32 Å². The lowest BCUT2D eigenvalue weighted by Gasteiger charge is -2.22. The summed E-state index contributed by atoms with van der Waals surface area (Å²) in [6.07, 6.45) is 4.33. The van der Waals surface area contributed by atoms with Crippen molar-refractivity contribution in [1.82, 2.24) is 15.1 Å². The number of unbranched alkanes of at least 4 members (excludes halogenated alkanes) is 1. The van der Waals surface area contributed by atoms with E-state index in [4.69, 9.17) is 0 Å². The van der Waals surface area contributed by atoms with Gasteiger partial charge < -0.3 is 10.2 Å². The Kier molecular flexibility index (Phi) is 5.98. The third-order valence-corrected chi connectivity index (χ3v) is 5.57. The first kappa shape index (κ1) is 18.5. The van der Waals surface area contributed by atoms with Crippen molar-refractivity contribution >= 4 is 28.8 Å². The lowest BCUT2D eigenvalue weighted by atomic mass is 10.2. The van der Waals surface area contributed by atoms with E-state index in [-0.39, 0.29) is 17.9 Å². The van der Waals surface area contributed by atoms with Gasteiger partial charge in [-0.1, -0.05) is 42.4 Å². The third kappa shape index (κ3) is 4.27. The Balaban J connectivity index is 1.67. The number of nitrogens with zero attached hydrogens (tertiary/aromatic N) is 3. The van der Waals surface area contributed by atoms with Crippen LogP contribution in [0.1, 0.15) is 65.4 Å². The van der Waals surface area contributed by atoms with Gasteiger partial charge in [0.05, 0.1) is 6.04 Å². The molecule has 1 fully saturated rings. The van der Waals surface area contributed by atoms with Crippen LogP contribution in [0.3, 0.4) is 0 Å². The first-order chi connectivity index (χ1) is 12.6. The van der Waals surface area contributed by atoms with Crippen molar-refractivity contribution in [3.05, 3.63) is 39.8 Å². The van der Waals surface area contributed by atoms with Crippen LogP contribution in [0, 0.1) is 6.92 Å². The molecule has 1 saturated heterocycles. The predicted octanol–water partition coefficient (Wildman–Crippen LogP) is 3.95.